The zero-order chi connectivity index (χ0) is 20.0. The van der Waals surface area contributed by atoms with E-state index in [1.807, 2.05) is 6.92 Å². The number of hydrogen-bond donors (Lipinski definition) is 1. The average Bonchev–Trinajstić information content (AvgIpc) is 2.65. The number of halogens is 1. The predicted octanol–water partition coefficient (Wildman–Crippen LogP) is 1.97. The lowest BCUT2D eigenvalue weighted by Gasteiger charge is -2.27. The Bertz CT molecular complexity index is 926. The van der Waals surface area contributed by atoms with Crippen molar-refractivity contribution in [2.24, 2.45) is 0 Å². The maximum absolute atomic E-state index is 12.1. The molecule has 0 aliphatic heterocycles. The molecule has 1 amide bonds. The van der Waals surface area contributed by atoms with E-state index < -0.39 is 22.4 Å². The van der Waals surface area contributed by atoms with Crippen LogP contribution in [0.15, 0.2) is 52.7 Å². The molecule has 0 bridgehead atoms. The van der Waals surface area contributed by atoms with E-state index in [-0.39, 0.29) is 33.5 Å². The highest BCUT2D eigenvalue weighted by Crippen LogP contribution is 2.29. The predicted molar refractivity (Wildman–Crippen MR) is 101 cm³/mol. The third kappa shape index (κ3) is 4.99. The summed E-state index contributed by atoms with van der Waals surface area (Å²) >= 11 is 6.30. The molecule has 1 unspecified atom stereocenters. The van der Waals surface area contributed by atoms with Gasteiger partial charge in [0.15, 0.2) is 6.10 Å². The summed E-state index contributed by atoms with van der Waals surface area (Å²) in [6, 6.07) is 8.45. The zero-order valence-electron chi connectivity index (χ0n) is 14.7. The summed E-state index contributed by atoms with van der Waals surface area (Å²) in [6.45, 7) is 1.82. The first-order chi connectivity index (χ1) is 12.9. The Labute approximate surface area is 163 Å². The highest BCUT2D eigenvalue weighted by Gasteiger charge is 2.35. The molecule has 1 atom stereocenters. The number of carbonyl (C=O) groups excluding carboxylic acids is 2. The van der Waals surface area contributed by atoms with Gasteiger partial charge in [-0.2, -0.15) is 8.42 Å². The summed E-state index contributed by atoms with van der Waals surface area (Å²) in [5, 5.41) is 2.44. The van der Waals surface area contributed by atoms with Crippen LogP contribution in [0.1, 0.15) is 19.8 Å². The number of ether oxygens (including phenoxy) is 2. The van der Waals surface area contributed by atoms with Gasteiger partial charge in [-0.25, -0.2) is 4.79 Å². The van der Waals surface area contributed by atoms with Gasteiger partial charge in [-0.1, -0.05) is 36.7 Å². The van der Waals surface area contributed by atoms with Crippen molar-refractivity contribution in [3.05, 3.63) is 52.7 Å². The maximum atomic E-state index is 12.1. The van der Waals surface area contributed by atoms with Crippen LogP contribution in [0.2, 0.25) is 0 Å². The Morgan fingerprint density at radius 3 is 2.44 bits per heavy atom. The molecular formula is C18H18ClNO6S. The molecule has 27 heavy (non-hydrogen) atoms. The van der Waals surface area contributed by atoms with E-state index in [1.165, 1.54) is 0 Å². The van der Waals surface area contributed by atoms with Gasteiger partial charge < -0.3 is 14.8 Å². The highest BCUT2D eigenvalue weighted by molar-refractivity contribution is 7.73. The lowest BCUT2D eigenvalue weighted by atomic mass is 10.00. The summed E-state index contributed by atoms with van der Waals surface area (Å²) in [5.41, 5.74) is -0.209. The number of hydrogen-bond acceptors (Lipinski definition) is 6. The summed E-state index contributed by atoms with van der Waals surface area (Å²) in [6.07, 6.45) is 0.636. The molecule has 0 heterocycles. The Balaban J connectivity index is 2.58. The van der Waals surface area contributed by atoms with Gasteiger partial charge in [-0.15, -0.1) is 0 Å². The molecule has 1 aromatic rings. The monoisotopic (exact) mass is 411 g/mol. The first-order valence-electron chi connectivity index (χ1n) is 8.06. The van der Waals surface area contributed by atoms with E-state index >= 15 is 0 Å². The van der Waals surface area contributed by atoms with Gasteiger partial charge in [-0.05, 0) is 24.6 Å². The number of carbonyl (C=O) groups is 2. The van der Waals surface area contributed by atoms with Crippen molar-refractivity contribution in [3.8, 4) is 5.75 Å². The fourth-order valence-electron chi connectivity index (χ4n) is 2.39. The standard InChI is InChI=1S/C18H18ClNO6S/c1-3-7-14(21)20-16-15(19)12(18(22)25-2)10-13(27(23)24)17(16)26-11-8-5-4-6-9-11/h4-6,8-10,17H,3,7H2,1-2H3,(H,20,21). The van der Waals surface area contributed by atoms with Crippen LogP contribution >= 0.6 is 11.6 Å². The molecule has 1 aliphatic rings. The maximum Gasteiger partial charge on any atom is 0.339 e. The molecule has 0 saturated heterocycles. The molecular weight excluding hydrogens is 394 g/mol. The van der Waals surface area contributed by atoms with E-state index in [4.69, 9.17) is 16.3 Å². The van der Waals surface area contributed by atoms with E-state index in [0.29, 0.717) is 12.2 Å². The van der Waals surface area contributed by atoms with Crippen LogP contribution in [-0.2, 0) is 24.6 Å². The van der Waals surface area contributed by atoms with Gasteiger partial charge in [0.2, 0.25) is 16.2 Å². The Morgan fingerprint density at radius 2 is 1.89 bits per heavy atom. The lowest BCUT2D eigenvalue weighted by molar-refractivity contribution is -0.135. The molecule has 9 heteroatoms. The van der Waals surface area contributed by atoms with Crippen molar-refractivity contribution in [1.82, 2.24) is 5.32 Å². The Morgan fingerprint density at radius 1 is 1.22 bits per heavy atom. The van der Waals surface area contributed by atoms with Crippen molar-refractivity contribution in [2.45, 2.75) is 25.9 Å². The Kier molecular flexibility index (Phi) is 7.20. The van der Waals surface area contributed by atoms with Crippen LogP contribution in [0.25, 0.3) is 0 Å². The summed E-state index contributed by atoms with van der Waals surface area (Å²) < 4.78 is 34.0. The minimum atomic E-state index is -2.74. The lowest BCUT2D eigenvalue weighted by Crippen LogP contribution is -2.41. The number of benzene rings is 1. The third-order valence-electron chi connectivity index (χ3n) is 3.63. The molecule has 0 fully saturated rings. The van der Waals surface area contributed by atoms with E-state index in [2.05, 4.69) is 10.1 Å². The number of methoxy groups -OCH3 is 1. The van der Waals surface area contributed by atoms with Crippen molar-refractivity contribution in [1.29, 1.82) is 0 Å². The van der Waals surface area contributed by atoms with Crippen molar-refractivity contribution in [3.63, 3.8) is 0 Å². The van der Waals surface area contributed by atoms with E-state index in [9.17, 15) is 18.0 Å². The van der Waals surface area contributed by atoms with Crippen molar-refractivity contribution >= 4 is 38.6 Å². The molecule has 1 N–H and O–H groups in total. The van der Waals surface area contributed by atoms with Crippen LogP contribution in [0.5, 0.6) is 5.75 Å². The normalized spacial score (nSPS) is 16.5. The Hall–Kier alpha value is -2.58. The van der Waals surface area contributed by atoms with Crippen molar-refractivity contribution < 1.29 is 27.5 Å². The number of nitrogens with one attached hydrogen (secondary N) is 1. The quantitative estimate of drug-likeness (QED) is 0.567. The summed E-state index contributed by atoms with van der Waals surface area (Å²) in [7, 11) is -1.59. The summed E-state index contributed by atoms with van der Waals surface area (Å²) in [5.74, 6) is -0.843. The van der Waals surface area contributed by atoms with Gasteiger partial charge >= 0.3 is 5.97 Å². The molecule has 1 aliphatic carbocycles. The molecule has 0 aromatic heterocycles. The van der Waals surface area contributed by atoms with Crippen LogP contribution in [0.3, 0.4) is 0 Å². The van der Waals surface area contributed by atoms with E-state index in [0.717, 1.165) is 13.2 Å². The number of esters is 1. The zero-order valence-corrected chi connectivity index (χ0v) is 16.3. The largest absolute Gasteiger partial charge is 0.478 e. The van der Waals surface area contributed by atoms with Gasteiger partial charge in [0.25, 0.3) is 0 Å². The van der Waals surface area contributed by atoms with Gasteiger partial charge in [0.05, 0.1) is 23.4 Å². The van der Waals surface area contributed by atoms with Crippen LogP contribution in [-0.4, -0.2) is 38.4 Å². The first kappa shape index (κ1) is 20.7. The molecule has 0 spiro atoms. The third-order valence-corrected chi connectivity index (χ3v) is 4.75. The molecule has 144 valence electrons. The number of para-hydroxylation sites is 1. The molecule has 1 aromatic carbocycles. The van der Waals surface area contributed by atoms with Gasteiger partial charge in [0.1, 0.15) is 10.6 Å². The summed E-state index contributed by atoms with van der Waals surface area (Å²) in [4.78, 5) is 23.9. The van der Waals surface area contributed by atoms with Gasteiger partial charge in [-0.3, -0.25) is 4.79 Å². The fraction of sp³-hybridized carbons (Fsp3) is 0.278. The van der Waals surface area contributed by atoms with Crippen LogP contribution in [0.4, 0.5) is 0 Å². The fourth-order valence-corrected chi connectivity index (χ4v) is 3.22. The second-order valence-electron chi connectivity index (χ2n) is 5.52. The molecule has 2 rings (SSSR count). The number of amides is 1. The first-order valence-corrected chi connectivity index (χ1v) is 9.52. The SMILES string of the molecule is CCCC(=O)NC1=C(Cl)C(C(=O)OC)=CC(=S(=O)=O)C1Oc1ccccc1. The van der Waals surface area contributed by atoms with Gasteiger partial charge in [0, 0.05) is 6.42 Å². The number of rotatable bonds is 6. The molecule has 0 saturated carbocycles. The topological polar surface area (TPSA) is 98.8 Å². The molecule has 7 nitrogen and oxygen atoms in total. The highest BCUT2D eigenvalue weighted by atomic mass is 35.5. The minimum absolute atomic E-state index is 0.0268. The average molecular weight is 412 g/mol. The van der Waals surface area contributed by atoms with E-state index in [1.54, 1.807) is 30.3 Å². The second-order valence-corrected chi connectivity index (χ2v) is 6.84. The van der Waals surface area contributed by atoms with Crippen LogP contribution in [0, 0.1) is 0 Å². The van der Waals surface area contributed by atoms with Crippen LogP contribution < -0.4 is 10.1 Å². The second kappa shape index (κ2) is 9.38. The van der Waals surface area contributed by atoms with Crippen molar-refractivity contribution in [2.75, 3.05) is 7.11 Å². The minimum Gasteiger partial charge on any atom is -0.478 e. The smallest absolute Gasteiger partial charge is 0.339 e. The molecule has 0 radical (unpaired) electrons.